The first kappa shape index (κ1) is 20.7. The Kier molecular flexibility index (Phi) is 7.25. The van der Waals surface area contributed by atoms with Gasteiger partial charge in [0.1, 0.15) is 5.75 Å². The highest BCUT2D eigenvalue weighted by atomic mass is 16.5. The molecule has 27 heavy (non-hydrogen) atoms. The van der Waals surface area contributed by atoms with E-state index in [4.69, 9.17) is 4.74 Å². The monoisotopic (exact) mass is 371 g/mol. The van der Waals surface area contributed by atoms with Gasteiger partial charge in [-0.15, -0.1) is 0 Å². The van der Waals surface area contributed by atoms with Crippen molar-refractivity contribution < 1.29 is 4.74 Å². The van der Waals surface area contributed by atoms with E-state index in [0.717, 1.165) is 30.0 Å². The number of benzene rings is 1. The second-order valence-electron chi connectivity index (χ2n) is 9.71. The van der Waals surface area contributed by atoms with E-state index in [2.05, 4.69) is 49.9 Å². The Labute approximate surface area is 167 Å². The van der Waals surface area contributed by atoms with Crippen molar-refractivity contribution in [3.63, 3.8) is 0 Å². The van der Waals surface area contributed by atoms with E-state index in [1.165, 1.54) is 69.9 Å². The Hall–Kier alpha value is -1.02. The van der Waals surface area contributed by atoms with Gasteiger partial charge in [-0.3, -0.25) is 4.90 Å². The van der Waals surface area contributed by atoms with Crippen LogP contribution in [0.25, 0.3) is 0 Å². The Morgan fingerprint density at radius 2 is 1.63 bits per heavy atom. The molecule has 0 heterocycles. The van der Waals surface area contributed by atoms with Gasteiger partial charge < -0.3 is 4.74 Å². The third-order valence-electron chi connectivity index (χ3n) is 7.08. The highest BCUT2D eigenvalue weighted by Crippen LogP contribution is 2.50. The zero-order valence-electron chi connectivity index (χ0n) is 18.2. The number of nitrogens with zero attached hydrogens (tertiary/aromatic N) is 1. The van der Waals surface area contributed by atoms with E-state index in [1.54, 1.807) is 7.11 Å². The third-order valence-corrected chi connectivity index (χ3v) is 7.08. The van der Waals surface area contributed by atoms with Gasteiger partial charge in [0.05, 0.1) is 7.11 Å². The maximum Gasteiger partial charge on any atom is 0.118 e. The van der Waals surface area contributed by atoms with Crippen LogP contribution in [0.3, 0.4) is 0 Å². The van der Waals surface area contributed by atoms with Crippen LogP contribution in [0.4, 0.5) is 0 Å². The normalized spacial score (nSPS) is 30.5. The zero-order valence-corrected chi connectivity index (χ0v) is 18.2. The largest absolute Gasteiger partial charge is 0.497 e. The van der Waals surface area contributed by atoms with Gasteiger partial charge in [0.25, 0.3) is 0 Å². The van der Waals surface area contributed by atoms with E-state index >= 15 is 0 Å². The Balaban J connectivity index is 1.78. The topological polar surface area (TPSA) is 12.5 Å². The molecular weight excluding hydrogens is 330 g/mol. The molecule has 2 saturated carbocycles. The average molecular weight is 372 g/mol. The molecule has 0 aliphatic heterocycles. The SMILES string of the molecule is CCCCCCN(Cc1ccc(OC)cc1)C12CC(C)CC(CC(C)C1)C2. The van der Waals surface area contributed by atoms with E-state index in [-0.39, 0.29) is 0 Å². The lowest BCUT2D eigenvalue weighted by atomic mass is 9.60. The molecule has 2 fully saturated rings. The molecule has 2 aliphatic rings. The quantitative estimate of drug-likeness (QED) is 0.449. The average Bonchev–Trinajstić information content (AvgIpc) is 2.63. The summed E-state index contributed by atoms with van der Waals surface area (Å²) in [7, 11) is 1.75. The summed E-state index contributed by atoms with van der Waals surface area (Å²) in [6.07, 6.45) is 12.6. The molecule has 2 heteroatoms. The van der Waals surface area contributed by atoms with Crippen molar-refractivity contribution in [1.82, 2.24) is 4.90 Å². The van der Waals surface area contributed by atoms with Crippen LogP contribution in [-0.4, -0.2) is 24.1 Å². The molecule has 2 nitrogen and oxygen atoms in total. The molecule has 2 aliphatic carbocycles. The predicted octanol–water partition coefficient (Wildman–Crippen LogP) is 6.68. The van der Waals surface area contributed by atoms with E-state index in [1.807, 2.05) is 0 Å². The minimum atomic E-state index is 0.437. The Bertz CT molecular complexity index is 547. The molecule has 2 atom stereocenters. The first-order valence-corrected chi connectivity index (χ1v) is 11.4. The summed E-state index contributed by atoms with van der Waals surface area (Å²) in [5.41, 5.74) is 1.88. The summed E-state index contributed by atoms with van der Waals surface area (Å²) in [4.78, 5) is 2.91. The van der Waals surface area contributed by atoms with Crippen molar-refractivity contribution in [1.29, 1.82) is 0 Å². The van der Waals surface area contributed by atoms with Crippen molar-refractivity contribution in [2.24, 2.45) is 17.8 Å². The molecule has 2 unspecified atom stereocenters. The first-order valence-electron chi connectivity index (χ1n) is 11.4. The summed E-state index contributed by atoms with van der Waals surface area (Å²) in [5.74, 6) is 3.67. The predicted molar refractivity (Wildman–Crippen MR) is 115 cm³/mol. The summed E-state index contributed by atoms with van der Waals surface area (Å²) in [6.45, 7) is 9.67. The molecular formula is C25H41NO. The molecule has 0 N–H and O–H groups in total. The number of methoxy groups -OCH3 is 1. The second kappa shape index (κ2) is 9.45. The molecule has 0 radical (unpaired) electrons. The Morgan fingerprint density at radius 3 is 2.22 bits per heavy atom. The lowest BCUT2D eigenvalue weighted by Crippen LogP contribution is -2.56. The second-order valence-corrected chi connectivity index (χ2v) is 9.71. The fraction of sp³-hybridized carbons (Fsp3) is 0.760. The summed E-state index contributed by atoms with van der Waals surface area (Å²) in [5, 5.41) is 0. The van der Waals surface area contributed by atoms with Crippen LogP contribution in [0.5, 0.6) is 5.75 Å². The summed E-state index contributed by atoms with van der Waals surface area (Å²) in [6, 6.07) is 8.78. The third kappa shape index (κ3) is 5.28. The minimum Gasteiger partial charge on any atom is -0.497 e. The maximum absolute atomic E-state index is 5.36. The van der Waals surface area contributed by atoms with Crippen LogP contribution in [-0.2, 0) is 6.54 Å². The highest BCUT2D eigenvalue weighted by molar-refractivity contribution is 5.27. The van der Waals surface area contributed by atoms with Gasteiger partial charge in [-0.1, -0.05) is 52.2 Å². The smallest absolute Gasteiger partial charge is 0.118 e. The van der Waals surface area contributed by atoms with Crippen LogP contribution < -0.4 is 4.74 Å². The van der Waals surface area contributed by atoms with Gasteiger partial charge in [-0.2, -0.15) is 0 Å². The van der Waals surface area contributed by atoms with E-state index < -0.39 is 0 Å². The highest BCUT2D eigenvalue weighted by Gasteiger charge is 2.47. The zero-order chi connectivity index (χ0) is 19.3. The fourth-order valence-electron chi connectivity index (χ4n) is 6.20. The summed E-state index contributed by atoms with van der Waals surface area (Å²) >= 11 is 0. The lowest BCUT2D eigenvalue weighted by molar-refractivity contribution is -0.0456. The molecule has 2 bridgehead atoms. The molecule has 1 aromatic rings. The van der Waals surface area contributed by atoms with Gasteiger partial charge in [0.15, 0.2) is 0 Å². The number of hydrogen-bond acceptors (Lipinski definition) is 2. The van der Waals surface area contributed by atoms with Crippen LogP contribution in [0.15, 0.2) is 24.3 Å². The van der Waals surface area contributed by atoms with Crippen molar-refractivity contribution in [2.45, 2.75) is 90.6 Å². The molecule has 3 rings (SSSR count). The van der Waals surface area contributed by atoms with Crippen LogP contribution in [0.2, 0.25) is 0 Å². The molecule has 0 aromatic heterocycles. The first-order chi connectivity index (χ1) is 13.0. The van der Waals surface area contributed by atoms with Crippen LogP contribution in [0.1, 0.15) is 84.1 Å². The van der Waals surface area contributed by atoms with Gasteiger partial charge in [0.2, 0.25) is 0 Å². The minimum absolute atomic E-state index is 0.437. The number of hydrogen-bond donors (Lipinski definition) is 0. The van der Waals surface area contributed by atoms with Crippen molar-refractivity contribution in [3.05, 3.63) is 29.8 Å². The van der Waals surface area contributed by atoms with Gasteiger partial charge in [-0.25, -0.2) is 0 Å². The number of fused-ring (bicyclic) bond motifs is 2. The number of unbranched alkanes of at least 4 members (excludes halogenated alkanes) is 3. The fourth-order valence-corrected chi connectivity index (χ4v) is 6.20. The number of ether oxygens (including phenoxy) is 1. The maximum atomic E-state index is 5.36. The van der Waals surface area contributed by atoms with Gasteiger partial charge >= 0.3 is 0 Å². The van der Waals surface area contributed by atoms with E-state index in [0.29, 0.717) is 5.54 Å². The van der Waals surface area contributed by atoms with Crippen molar-refractivity contribution >= 4 is 0 Å². The Morgan fingerprint density at radius 1 is 0.963 bits per heavy atom. The molecule has 1 aromatic carbocycles. The van der Waals surface area contributed by atoms with Crippen LogP contribution in [0, 0.1) is 17.8 Å². The summed E-state index contributed by atoms with van der Waals surface area (Å²) < 4.78 is 5.36. The molecule has 0 amide bonds. The number of rotatable bonds is 9. The van der Waals surface area contributed by atoms with Crippen molar-refractivity contribution in [3.8, 4) is 5.75 Å². The molecule has 0 spiro atoms. The van der Waals surface area contributed by atoms with E-state index in [9.17, 15) is 0 Å². The van der Waals surface area contributed by atoms with Gasteiger partial charge in [0, 0.05) is 12.1 Å². The van der Waals surface area contributed by atoms with Crippen LogP contribution >= 0.6 is 0 Å². The van der Waals surface area contributed by atoms with Crippen molar-refractivity contribution in [2.75, 3.05) is 13.7 Å². The lowest BCUT2D eigenvalue weighted by Gasteiger charge is -2.55. The molecule has 152 valence electrons. The standard InChI is InChI=1S/C25H41NO/c1-5-6-7-8-13-26(19-22-9-11-24(27-4)12-10-22)25-16-20(2)14-23(18-25)15-21(3)17-25/h9-12,20-21,23H,5-8,13-19H2,1-4H3. The molecule has 0 saturated heterocycles. The van der Waals surface area contributed by atoms with Gasteiger partial charge in [-0.05, 0) is 80.5 Å².